The molecule has 0 N–H and O–H groups in total. The number of rotatable bonds is 3. The van der Waals surface area contributed by atoms with Gasteiger partial charge in [0.25, 0.3) is 0 Å². The number of alkyl halides is 3. The van der Waals surface area contributed by atoms with Crippen LogP contribution in [0.25, 0.3) is 0 Å². The second kappa shape index (κ2) is 4.62. The van der Waals surface area contributed by atoms with Gasteiger partial charge in [-0.15, -0.1) is 0 Å². The van der Waals surface area contributed by atoms with E-state index in [0.717, 1.165) is 6.08 Å². The predicted octanol–water partition coefficient (Wildman–Crippen LogP) is 2.71. The lowest BCUT2D eigenvalue weighted by Crippen LogP contribution is -2.08. The largest absolute Gasteiger partial charge is 0.426 e. The molecule has 0 aromatic heterocycles. The molecule has 0 bridgehead atoms. The molecule has 0 aliphatic carbocycles. The Kier molecular flexibility index (Phi) is 4.52. The van der Waals surface area contributed by atoms with Crippen molar-refractivity contribution in [3.63, 3.8) is 0 Å². The Hall–Kier alpha value is -0.220. The van der Waals surface area contributed by atoms with Gasteiger partial charge in [-0.3, -0.25) is 0 Å². The summed E-state index contributed by atoms with van der Waals surface area (Å²) in [4.78, 5) is 0. The Morgan fingerprint density at radius 2 is 2.09 bits per heavy atom. The Balaban J connectivity index is 3.81. The number of halogens is 4. The molecule has 0 aromatic rings. The van der Waals surface area contributed by atoms with E-state index in [1.165, 1.54) is 0 Å². The van der Waals surface area contributed by atoms with Crippen LogP contribution in [-0.2, 0) is 4.74 Å². The van der Waals surface area contributed by atoms with Crippen LogP contribution in [-0.4, -0.2) is 19.4 Å². The minimum atomic E-state index is -4.45. The number of hydrogen-bond acceptors (Lipinski definition) is 1. The molecule has 0 atom stereocenters. The SMILES string of the molecule is CCOCC=C(Cl)C(F)(F)F. The molecule has 0 radical (unpaired) electrons. The molecule has 5 heteroatoms. The van der Waals surface area contributed by atoms with Crippen molar-refractivity contribution in [2.45, 2.75) is 13.1 Å². The maximum atomic E-state index is 11.6. The average molecular weight is 189 g/mol. The molecule has 0 saturated heterocycles. The van der Waals surface area contributed by atoms with Crippen LogP contribution in [0.1, 0.15) is 6.92 Å². The molecular weight excluding hydrogens is 181 g/mol. The lowest BCUT2D eigenvalue weighted by Gasteiger charge is -2.03. The van der Waals surface area contributed by atoms with Crippen LogP contribution in [0.4, 0.5) is 13.2 Å². The van der Waals surface area contributed by atoms with Crippen LogP contribution in [0.15, 0.2) is 11.1 Å². The second-order valence-corrected chi connectivity index (χ2v) is 2.12. The molecule has 0 aliphatic rings. The molecule has 0 spiro atoms. The first kappa shape index (κ1) is 10.8. The normalized spacial score (nSPS) is 13.7. The predicted molar refractivity (Wildman–Crippen MR) is 36.5 cm³/mol. The summed E-state index contributed by atoms with van der Waals surface area (Å²) in [6, 6.07) is 0. The van der Waals surface area contributed by atoms with Crippen LogP contribution in [0.5, 0.6) is 0 Å². The minimum absolute atomic E-state index is 0.102. The Labute approximate surface area is 67.8 Å². The molecule has 0 aliphatic heterocycles. The quantitative estimate of drug-likeness (QED) is 0.619. The molecule has 1 nitrogen and oxygen atoms in total. The first-order valence-electron chi connectivity index (χ1n) is 2.99. The maximum absolute atomic E-state index is 11.6. The molecule has 0 saturated carbocycles. The van der Waals surface area contributed by atoms with Crippen molar-refractivity contribution in [3.8, 4) is 0 Å². The fraction of sp³-hybridized carbons (Fsp3) is 0.667. The van der Waals surface area contributed by atoms with Gasteiger partial charge in [0.1, 0.15) is 5.03 Å². The van der Waals surface area contributed by atoms with E-state index in [-0.39, 0.29) is 6.61 Å². The zero-order chi connectivity index (χ0) is 8.91. The Morgan fingerprint density at radius 1 is 1.55 bits per heavy atom. The molecule has 0 heterocycles. The zero-order valence-corrected chi connectivity index (χ0v) is 6.67. The summed E-state index contributed by atoms with van der Waals surface area (Å²) in [6.07, 6.45) is -3.65. The summed E-state index contributed by atoms with van der Waals surface area (Å²) >= 11 is 4.85. The number of ether oxygens (including phenoxy) is 1. The number of hydrogen-bond donors (Lipinski definition) is 0. The van der Waals surface area contributed by atoms with Crippen molar-refractivity contribution < 1.29 is 17.9 Å². The van der Waals surface area contributed by atoms with Crippen molar-refractivity contribution in [2.75, 3.05) is 13.2 Å². The average Bonchev–Trinajstić information content (AvgIpc) is 1.86. The highest BCUT2D eigenvalue weighted by Gasteiger charge is 2.31. The summed E-state index contributed by atoms with van der Waals surface area (Å²) in [6.45, 7) is 1.96. The standard InChI is InChI=1S/C6H8ClF3O/c1-2-11-4-3-5(7)6(8,9)10/h3H,2,4H2,1H3. The highest BCUT2D eigenvalue weighted by Crippen LogP contribution is 2.27. The fourth-order valence-corrected chi connectivity index (χ4v) is 0.429. The van der Waals surface area contributed by atoms with E-state index in [4.69, 9.17) is 11.6 Å². The third-order valence-corrected chi connectivity index (χ3v) is 1.22. The molecule has 66 valence electrons. The maximum Gasteiger partial charge on any atom is 0.426 e. The summed E-state index contributed by atoms with van der Waals surface area (Å²) in [5.74, 6) is 0. The summed E-state index contributed by atoms with van der Waals surface area (Å²) in [7, 11) is 0. The van der Waals surface area contributed by atoms with Gasteiger partial charge in [0.2, 0.25) is 0 Å². The third kappa shape index (κ3) is 5.09. The van der Waals surface area contributed by atoms with Gasteiger partial charge in [-0.2, -0.15) is 13.2 Å². The zero-order valence-electron chi connectivity index (χ0n) is 5.91. The molecule has 0 unspecified atom stereocenters. The van der Waals surface area contributed by atoms with E-state index >= 15 is 0 Å². The van der Waals surface area contributed by atoms with E-state index in [9.17, 15) is 13.2 Å². The fourth-order valence-electron chi connectivity index (χ4n) is 0.366. The van der Waals surface area contributed by atoms with Crippen molar-refractivity contribution >= 4 is 11.6 Å². The summed E-state index contributed by atoms with van der Waals surface area (Å²) < 4.78 is 39.5. The van der Waals surface area contributed by atoms with Crippen LogP contribution < -0.4 is 0 Å². The number of allylic oxidation sites excluding steroid dienone is 1. The first-order chi connectivity index (χ1) is 4.98. The van der Waals surface area contributed by atoms with Gasteiger partial charge in [0.15, 0.2) is 0 Å². The Bertz CT molecular complexity index is 141. The third-order valence-electron chi connectivity index (χ3n) is 0.855. The summed E-state index contributed by atoms with van der Waals surface area (Å²) in [5.41, 5.74) is 0. The van der Waals surface area contributed by atoms with Gasteiger partial charge in [-0.05, 0) is 13.0 Å². The van der Waals surface area contributed by atoms with E-state index in [1.54, 1.807) is 6.92 Å². The van der Waals surface area contributed by atoms with E-state index in [1.807, 2.05) is 0 Å². The highest BCUT2D eigenvalue weighted by atomic mass is 35.5. The minimum Gasteiger partial charge on any atom is -0.378 e. The van der Waals surface area contributed by atoms with Crippen LogP contribution in [0, 0.1) is 0 Å². The van der Waals surface area contributed by atoms with Crippen LogP contribution in [0.2, 0.25) is 0 Å². The van der Waals surface area contributed by atoms with E-state index < -0.39 is 11.2 Å². The first-order valence-corrected chi connectivity index (χ1v) is 3.37. The second-order valence-electron chi connectivity index (χ2n) is 1.71. The molecule has 0 amide bonds. The van der Waals surface area contributed by atoms with Crippen LogP contribution in [0.3, 0.4) is 0 Å². The highest BCUT2D eigenvalue weighted by molar-refractivity contribution is 6.30. The monoisotopic (exact) mass is 188 g/mol. The van der Waals surface area contributed by atoms with Crippen molar-refractivity contribution in [1.82, 2.24) is 0 Å². The van der Waals surface area contributed by atoms with E-state index in [0.29, 0.717) is 6.61 Å². The van der Waals surface area contributed by atoms with Crippen LogP contribution >= 0.6 is 11.6 Å². The molecule has 11 heavy (non-hydrogen) atoms. The molecule has 0 aromatic carbocycles. The topological polar surface area (TPSA) is 9.23 Å². The molecular formula is C6H8ClF3O. The summed E-state index contributed by atoms with van der Waals surface area (Å²) in [5, 5.41) is -1.13. The Morgan fingerprint density at radius 3 is 2.45 bits per heavy atom. The van der Waals surface area contributed by atoms with Gasteiger partial charge < -0.3 is 4.74 Å². The van der Waals surface area contributed by atoms with Gasteiger partial charge in [0.05, 0.1) is 6.61 Å². The van der Waals surface area contributed by atoms with E-state index in [2.05, 4.69) is 4.74 Å². The lowest BCUT2D eigenvalue weighted by atomic mass is 10.5. The van der Waals surface area contributed by atoms with Gasteiger partial charge in [0, 0.05) is 6.61 Å². The molecule has 0 fully saturated rings. The van der Waals surface area contributed by atoms with Crippen molar-refractivity contribution in [1.29, 1.82) is 0 Å². The van der Waals surface area contributed by atoms with Gasteiger partial charge >= 0.3 is 6.18 Å². The van der Waals surface area contributed by atoms with Gasteiger partial charge in [-0.25, -0.2) is 0 Å². The molecule has 0 rings (SSSR count). The lowest BCUT2D eigenvalue weighted by molar-refractivity contribution is -0.0850. The van der Waals surface area contributed by atoms with Crippen molar-refractivity contribution in [2.24, 2.45) is 0 Å². The van der Waals surface area contributed by atoms with Crippen molar-refractivity contribution in [3.05, 3.63) is 11.1 Å². The smallest absolute Gasteiger partial charge is 0.378 e. The van der Waals surface area contributed by atoms with Gasteiger partial charge in [-0.1, -0.05) is 11.6 Å².